The lowest BCUT2D eigenvalue weighted by Crippen LogP contribution is -2.52. The van der Waals surface area contributed by atoms with Crippen molar-refractivity contribution in [2.75, 3.05) is 50.5 Å². The molecular formula is C53H68N7O15P3. The molecule has 2 amide bonds. The molecule has 420 valence electrons. The number of phosphoric ester groups is 1. The second-order valence-electron chi connectivity index (χ2n) is 21.5. The average Bonchev–Trinajstić information content (AvgIpc) is 3.48. The third-order valence-corrected chi connectivity index (χ3v) is 18.6. The molecule has 5 heterocycles. The number of fused-ring (bicyclic) bond motifs is 4. The third kappa shape index (κ3) is 12.7. The van der Waals surface area contributed by atoms with Gasteiger partial charge in [-0.1, -0.05) is 43.9 Å². The zero-order chi connectivity index (χ0) is 56.9. The Labute approximate surface area is 452 Å². The first-order valence-corrected chi connectivity index (χ1v) is 30.4. The van der Waals surface area contributed by atoms with Crippen LogP contribution in [0, 0.1) is 11.8 Å². The SMILES string of the molecule is CCN1c2cc3c(cc2C(C)CC1(C)C)C(c1ccccc1C(=O)N(C)CCCC(=O)NCC#Cc1cn([C@H]2CC[C@@H](COP(=O)(O)OP(=O)(O)OP(=O)([O-])O)O2)c(=O)nc1N)=c1cc2c(cc1O3)=[N+](CC)C(C)(C)CC2C. The fraction of sp³-hybridized carbons (Fsp3) is 0.491. The molecule has 0 radical (unpaired) electrons. The number of anilines is 2. The van der Waals surface area contributed by atoms with Crippen LogP contribution in [-0.4, -0.2) is 98.0 Å². The molecule has 4 aliphatic rings. The van der Waals surface area contributed by atoms with E-state index in [1.54, 1.807) is 11.9 Å². The topological polar surface area (TPSA) is 298 Å². The Hall–Kier alpha value is -5.52. The summed E-state index contributed by atoms with van der Waals surface area (Å²) in [4.78, 5) is 86.9. The summed E-state index contributed by atoms with van der Waals surface area (Å²) in [5.74, 6) is 6.94. The molecule has 0 aliphatic carbocycles. The van der Waals surface area contributed by atoms with Crippen LogP contribution in [0.2, 0.25) is 0 Å². The minimum absolute atomic E-state index is 0.0551. The number of benzene rings is 3. The summed E-state index contributed by atoms with van der Waals surface area (Å²) in [6.45, 7) is 19.3. The number of amides is 2. The highest BCUT2D eigenvalue weighted by Crippen LogP contribution is 2.65. The normalized spacial score (nSPS) is 22.2. The van der Waals surface area contributed by atoms with Crippen LogP contribution in [0.1, 0.15) is 150 Å². The van der Waals surface area contributed by atoms with Gasteiger partial charge < -0.3 is 49.9 Å². The average molecular weight is 1140 g/mol. The first-order chi connectivity index (χ1) is 36.5. The summed E-state index contributed by atoms with van der Waals surface area (Å²) < 4.78 is 62.8. The maximum Gasteiger partial charge on any atom is 0.487 e. The zero-order valence-electron chi connectivity index (χ0n) is 45.2. The van der Waals surface area contributed by atoms with Crippen molar-refractivity contribution in [2.45, 2.75) is 129 Å². The zero-order valence-corrected chi connectivity index (χ0v) is 47.9. The van der Waals surface area contributed by atoms with Crippen molar-refractivity contribution in [1.29, 1.82) is 0 Å². The lowest BCUT2D eigenvalue weighted by Gasteiger charge is -2.47. The number of carbonyl (C=O) groups excluding carboxylic acids is 2. The molecule has 0 bridgehead atoms. The third-order valence-electron chi connectivity index (χ3n) is 14.8. The van der Waals surface area contributed by atoms with E-state index in [1.807, 2.05) is 24.3 Å². The maximum atomic E-state index is 14.7. The van der Waals surface area contributed by atoms with Crippen LogP contribution < -0.4 is 46.4 Å². The molecule has 8 rings (SSSR count). The number of aromatic nitrogens is 2. The number of nitrogens with two attached hydrogens (primary N) is 1. The highest BCUT2D eigenvalue weighted by Gasteiger charge is 2.42. The van der Waals surface area contributed by atoms with Gasteiger partial charge in [-0.15, -0.1) is 0 Å². The Morgan fingerprint density at radius 2 is 1.69 bits per heavy atom. The van der Waals surface area contributed by atoms with Crippen LogP contribution >= 0.6 is 23.5 Å². The monoisotopic (exact) mass is 1140 g/mol. The van der Waals surface area contributed by atoms with Crippen molar-refractivity contribution in [1.82, 2.24) is 24.3 Å². The fourth-order valence-electron chi connectivity index (χ4n) is 11.6. The van der Waals surface area contributed by atoms with Gasteiger partial charge in [0.05, 0.1) is 30.9 Å². The van der Waals surface area contributed by atoms with Gasteiger partial charge in [-0.05, 0) is 108 Å². The number of nitrogens with zero attached hydrogens (tertiary/aromatic N) is 5. The quantitative estimate of drug-likeness (QED) is 0.0436. The summed E-state index contributed by atoms with van der Waals surface area (Å²) in [5.41, 5.74) is 12.1. The molecule has 0 saturated carbocycles. The molecule has 4 aromatic rings. The summed E-state index contributed by atoms with van der Waals surface area (Å²) >= 11 is 0. The Balaban J connectivity index is 0.948. The van der Waals surface area contributed by atoms with E-state index in [1.165, 1.54) is 17.3 Å². The number of nitrogens with one attached hydrogen (secondary N) is 1. The van der Waals surface area contributed by atoms with E-state index in [-0.39, 0.29) is 78.5 Å². The predicted molar refractivity (Wildman–Crippen MR) is 289 cm³/mol. The van der Waals surface area contributed by atoms with E-state index in [2.05, 4.69) is 124 Å². The van der Waals surface area contributed by atoms with Crippen LogP contribution in [-0.2, 0) is 36.4 Å². The predicted octanol–water partition coefficient (Wildman–Crippen LogP) is 5.50. The number of hydrogen-bond acceptors (Lipinski definition) is 15. The van der Waals surface area contributed by atoms with E-state index in [4.69, 9.17) is 20.1 Å². The van der Waals surface area contributed by atoms with Crippen molar-refractivity contribution in [3.05, 3.63) is 109 Å². The number of carbonyl (C=O) groups is 2. The molecule has 0 spiro atoms. The Bertz CT molecular complexity index is 3460. The highest BCUT2D eigenvalue weighted by atomic mass is 31.3. The molecule has 1 saturated heterocycles. The standard InChI is InChI=1S/C53H68N7O15P3/c1-10-59-42-26-44-40(24-38(42)32(3)28-52(59,5)6)48(41-25-39-33(4)29-53(7,8)60(11-2)43(39)27-45(41)73-44)36-17-12-13-18-37(36)50(62)57(9)23-15-19-46(61)55-22-14-16-34-30-58(51(63)56-49(34)54)47-21-20-35(72-47)31-71-77(67,68)75-78(69,70)74-76(64,65)66/h12-13,17-18,24-27,30,32-33,35,47H,10-11,15,19-23,28-29,31H2,1-9H3,(H6-,54,55,56,61,63,64,65,66,67,68,69,70)/t32?,33?,35-,47+/m0/s1. The van der Waals surface area contributed by atoms with Crippen molar-refractivity contribution < 1.29 is 65.5 Å². The largest absolute Gasteiger partial charge is 0.756 e. The van der Waals surface area contributed by atoms with Crippen LogP contribution in [0.4, 0.5) is 11.5 Å². The lowest BCUT2D eigenvalue weighted by molar-refractivity contribution is -0.212. The molecule has 78 heavy (non-hydrogen) atoms. The first kappa shape index (κ1) is 58.6. The van der Waals surface area contributed by atoms with Crippen LogP contribution in [0.3, 0.4) is 0 Å². The van der Waals surface area contributed by atoms with E-state index in [9.17, 15) is 42.8 Å². The highest BCUT2D eigenvalue weighted by molar-refractivity contribution is 7.66. The second-order valence-corrected chi connectivity index (χ2v) is 25.8. The molecule has 25 heteroatoms. The molecular weight excluding hydrogens is 1070 g/mol. The molecule has 1 aromatic heterocycles. The van der Waals surface area contributed by atoms with Gasteiger partial charge in [-0.2, -0.15) is 9.29 Å². The number of nitrogen functional groups attached to an aromatic ring is 1. The Morgan fingerprint density at radius 1 is 0.974 bits per heavy atom. The van der Waals surface area contributed by atoms with Crippen molar-refractivity contribution in [2.24, 2.45) is 0 Å². The summed E-state index contributed by atoms with van der Waals surface area (Å²) in [5, 5.41) is 4.85. The number of phosphoric acid groups is 3. The van der Waals surface area contributed by atoms with E-state index >= 15 is 0 Å². The van der Waals surface area contributed by atoms with Gasteiger partial charge in [0.1, 0.15) is 30.1 Å². The van der Waals surface area contributed by atoms with E-state index < -0.39 is 48.1 Å². The minimum atomic E-state index is -5.82. The van der Waals surface area contributed by atoms with Gasteiger partial charge in [0.15, 0.2) is 5.54 Å². The number of ether oxygens (including phenoxy) is 2. The van der Waals surface area contributed by atoms with Gasteiger partial charge in [0.2, 0.25) is 11.3 Å². The summed E-state index contributed by atoms with van der Waals surface area (Å²) in [6.07, 6.45) is 2.11. The van der Waals surface area contributed by atoms with Crippen LogP contribution in [0.15, 0.2) is 59.5 Å². The maximum absolute atomic E-state index is 14.7. The molecule has 6 N–H and O–H groups in total. The molecule has 22 nitrogen and oxygen atoms in total. The van der Waals surface area contributed by atoms with Gasteiger partial charge in [0, 0.05) is 84.0 Å². The molecule has 3 aromatic carbocycles. The Morgan fingerprint density at radius 3 is 2.40 bits per heavy atom. The molecule has 1 fully saturated rings. The number of hydrogen-bond donors (Lipinski definition) is 5. The molecule has 4 aliphatic heterocycles. The summed E-state index contributed by atoms with van der Waals surface area (Å²) in [6, 6.07) is 16.7. The fourth-order valence-corrected chi connectivity index (χ4v) is 14.7. The van der Waals surface area contributed by atoms with Gasteiger partial charge in [0.25, 0.3) is 13.7 Å². The second kappa shape index (κ2) is 22.6. The Kier molecular flexibility index (Phi) is 16.9. The first-order valence-electron chi connectivity index (χ1n) is 25.9. The van der Waals surface area contributed by atoms with Crippen LogP contribution in [0.25, 0.3) is 5.57 Å². The van der Waals surface area contributed by atoms with E-state index in [0.717, 1.165) is 75.0 Å². The minimum Gasteiger partial charge on any atom is -0.756 e. The summed E-state index contributed by atoms with van der Waals surface area (Å²) in [7, 11) is -15.3. The van der Waals surface area contributed by atoms with Gasteiger partial charge in [-0.25, -0.2) is 22.8 Å². The molecule has 7 atom stereocenters. The van der Waals surface area contributed by atoms with Crippen molar-refractivity contribution in [3.8, 4) is 23.3 Å². The van der Waals surface area contributed by atoms with Crippen molar-refractivity contribution >= 4 is 52.4 Å². The van der Waals surface area contributed by atoms with Gasteiger partial charge >= 0.3 is 21.3 Å². The van der Waals surface area contributed by atoms with Gasteiger partial charge in [-0.3, -0.25) is 23.2 Å². The van der Waals surface area contributed by atoms with Crippen LogP contribution in [0.5, 0.6) is 11.5 Å². The van der Waals surface area contributed by atoms with Crippen molar-refractivity contribution in [3.63, 3.8) is 0 Å². The lowest BCUT2D eigenvalue weighted by atomic mass is 9.77. The van der Waals surface area contributed by atoms with E-state index in [0.29, 0.717) is 12.0 Å². The number of rotatable bonds is 17. The molecule has 5 unspecified atom stereocenters. The smallest absolute Gasteiger partial charge is 0.487 e.